The first-order valence-corrected chi connectivity index (χ1v) is 6.75. The number of amides is 1. The molecule has 3 atom stereocenters. The third-order valence-electron chi connectivity index (χ3n) is 3.06. The van der Waals surface area contributed by atoms with E-state index in [0.29, 0.717) is 0 Å². The first-order valence-electron chi connectivity index (χ1n) is 6.75. The van der Waals surface area contributed by atoms with Crippen LogP contribution in [-0.2, 0) is 14.3 Å². The summed E-state index contributed by atoms with van der Waals surface area (Å²) in [6.07, 6.45) is -1.81. The number of aliphatic hydroxyl groups is 1. The van der Waals surface area contributed by atoms with Crippen molar-refractivity contribution < 1.29 is 24.2 Å². The van der Waals surface area contributed by atoms with E-state index in [0.717, 1.165) is 0 Å². The van der Waals surface area contributed by atoms with Crippen LogP contribution in [0.1, 0.15) is 41.5 Å². The van der Waals surface area contributed by atoms with E-state index in [2.05, 4.69) is 10.1 Å². The highest BCUT2D eigenvalue weighted by Gasteiger charge is 2.35. The first kappa shape index (κ1) is 18.7. The molecule has 20 heavy (non-hydrogen) atoms. The van der Waals surface area contributed by atoms with Gasteiger partial charge in [0.25, 0.3) is 0 Å². The van der Waals surface area contributed by atoms with Gasteiger partial charge in [0.2, 0.25) is 0 Å². The van der Waals surface area contributed by atoms with Gasteiger partial charge in [-0.05, 0) is 32.6 Å². The fourth-order valence-electron chi connectivity index (χ4n) is 1.54. The Morgan fingerprint density at radius 3 is 2.00 bits per heavy atom. The molecular formula is C14H27NO5. The van der Waals surface area contributed by atoms with E-state index in [4.69, 9.17) is 4.74 Å². The van der Waals surface area contributed by atoms with E-state index < -0.39 is 29.8 Å². The standard InChI is InChI=1S/C14H27NO5/c1-8(2)9(3)11(16)10(12(17)19-7)15-13(18)20-14(4,5)6/h8-11,16H,1-7H3,(H,15,18)/t9-,10-,11-/m1/s1. The van der Waals surface area contributed by atoms with Crippen molar-refractivity contribution in [1.29, 1.82) is 0 Å². The molecule has 0 aromatic heterocycles. The lowest BCUT2D eigenvalue weighted by Crippen LogP contribution is -2.53. The average molecular weight is 289 g/mol. The van der Waals surface area contributed by atoms with Gasteiger partial charge in [0, 0.05) is 0 Å². The zero-order valence-corrected chi connectivity index (χ0v) is 13.4. The van der Waals surface area contributed by atoms with Gasteiger partial charge in [-0.15, -0.1) is 0 Å². The zero-order valence-electron chi connectivity index (χ0n) is 13.4. The van der Waals surface area contributed by atoms with Gasteiger partial charge in [0.15, 0.2) is 6.04 Å². The van der Waals surface area contributed by atoms with Gasteiger partial charge in [0.1, 0.15) is 5.60 Å². The smallest absolute Gasteiger partial charge is 0.408 e. The molecule has 0 aliphatic rings. The van der Waals surface area contributed by atoms with Gasteiger partial charge in [0.05, 0.1) is 13.2 Å². The third kappa shape index (κ3) is 6.23. The summed E-state index contributed by atoms with van der Waals surface area (Å²) in [5, 5.41) is 12.6. The molecule has 6 nitrogen and oxygen atoms in total. The van der Waals surface area contributed by atoms with Gasteiger partial charge in [-0.3, -0.25) is 0 Å². The maximum atomic E-state index is 11.7. The van der Waals surface area contributed by atoms with Gasteiger partial charge in [-0.1, -0.05) is 20.8 Å². The molecule has 0 spiro atoms. The van der Waals surface area contributed by atoms with Crippen LogP contribution in [0.2, 0.25) is 0 Å². The van der Waals surface area contributed by atoms with E-state index >= 15 is 0 Å². The molecule has 0 rings (SSSR count). The number of rotatable bonds is 5. The largest absolute Gasteiger partial charge is 0.467 e. The lowest BCUT2D eigenvalue weighted by atomic mass is 9.88. The molecule has 0 aromatic rings. The highest BCUT2D eigenvalue weighted by molar-refractivity contribution is 5.82. The van der Waals surface area contributed by atoms with Gasteiger partial charge >= 0.3 is 12.1 Å². The van der Waals surface area contributed by atoms with Crippen LogP contribution in [-0.4, -0.2) is 42.0 Å². The lowest BCUT2D eigenvalue weighted by Gasteiger charge is -2.29. The third-order valence-corrected chi connectivity index (χ3v) is 3.06. The Hall–Kier alpha value is -1.30. The Bertz CT molecular complexity index is 335. The molecule has 0 aromatic carbocycles. The van der Waals surface area contributed by atoms with Crippen LogP contribution in [0.25, 0.3) is 0 Å². The van der Waals surface area contributed by atoms with Crippen LogP contribution in [0.5, 0.6) is 0 Å². The first-order chi connectivity index (χ1) is 8.99. The normalized spacial score (nSPS) is 16.2. The molecule has 6 heteroatoms. The van der Waals surface area contributed by atoms with Crippen LogP contribution in [0.4, 0.5) is 4.79 Å². The number of methoxy groups -OCH3 is 1. The fraction of sp³-hybridized carbons (Fsp3) is 0.857. The molecule has 0 aliphatic heterocycles. The van der Waals surface area contributed by atoms with Crippen LogP contribution in [0.3, 0.4) is 0 Å². The number of carbonyl (C=O) groups is 2. The Kier molecular flexibility index (Phi) is 6.99. The minimum atomic E-state index is -1.15. The average Bonchev–Trinajstić information content (AvgIpc) is 2.30. The van der Waals surface area contributed by atoms with Crippen LogP contribution >= 0.6 is 0 Å². The summed E-state index contributed by atoms with van der Waals surface area (Å²) in [5.74, 6) is -0.734. The molecule has 0 saturated heterocycles. The highest BCUT2D eigenvalue weighted by Crippen LogP contribution is 2.18. The molecule has 0 saturated carbocycles. The molecule has 0 fully saturated rings. The number of aliphatic hydroxyl groups excluding tert-OH is 1. The van der Waals surface area contributed by atoms with Crippen molar-refractivity contribution in [3.63, 3.8) is 0 Å². The molecule has 0 bridgehead atoms. The molecule has 0 aliphatic carbocycles. The number of carbonyl (C=O) groups excluding carboxylic acids is 2. The summed E-state index contributed by atoms with van der Waals surface area (Å²) in [5.41, 5.74) is -0.681. The molecule has 118 valence electrons. The summed E-state index contributed by atoms with van der Waals surface area (Å²) in [4.78, 5) is 23.5. The van der Waals surface area contributed by atoms with E-state index in [1.165, 1.54) is 7.11 Å². The Morgan fingerprint density at radius 1 is 1.15 bits per heavy atom. The number of esters is 1. The molecular weight excluding hydrogens is 262 g/mol. The van der Waals surface area contributed by atoms with Crippen LogP contribution < -0.4 is 5.32 Å². The second-order valence-corrected chi connectivity index (χ2v) is 6.24. The van der Waals surface area contributed by atoms with Crippen molar-refractivity contribution in [2.24, 2.45) is 11.8 Å². The summed E-state index contributed by atoms with van der Waals surface area (Å²) < 4.78 is 9.71. The number of hydrogen-bond acceptors (Lipinski definition) is 5. The van der Waals surface area contributed by atoms with Crippen LogP contribution in [0, 0.1) is 11.8 Å². The molecule has 0 heterocycles. The number of alkyl carbamates (subject to hydrolysis) is 1. The minimum Gasteiger partial charge on any atom is -0.467 e. The van der Waals surface area contributed by atoms with Crippen molar-refractivity contribution in [3.8, 4) is 0 Å². The monoisotopic (exact) mass is 289 g/mol. The van der Waals surface area contributed by atoms with E-state index in [1.807, 2.05) is 20.8 Å². The number of ether oxygens (including phenoxy) is 2. The topological polar surface area (TPSA) is 84.9 Å². The maximum absolute atomic E-state index is 11.7. The molecule has 0 unspecified atom stereocenters. The number of nitrogens with one attached hydrogen (secondary N) is 1. The van der Waals surface area contributed by atoms with Gasteiger partial charge in [-0.25, -0.2) is 9.59 Å². The van der Waals surface area contributed by atoms with E-state index in [1.54, 1.807) is 20.8 Å². The van der Waals surface area contributed by atoms with Crippen molar-refractivity contribution in [3.05, 3.63) is 0 Å². The van der Waals surface area contributed by atoms with Crippen molar-refractivity contribution in [2.75, 3.05) is 7.11 Å². The SMILES string of the molecule is COC(=O)[C@H](NC(=O)OC(C)(C)C)[C@H](O)[C@H](C)C(C)C. The molecule has 1 amide bonds. The second-order valence-electron chi connectivity index (χ2n) is 6.24. The summed E-state index contributed by atoms with van der Waals surface area (Å²) in [6, 6.07) is -1.15. The zero-order chi connectivity index (χ0) is 16.1. The van der Waals surface area contributed by atoms with Crippen LogP contribution in [0.15, 0.2) is 0 Å². The highest BCUT2D eigenvalue weighted by atomic mass is 16.6. The van der Waals surface area contributed by atoms with E-state index in [9.17, 15) is 14.7 Å². The molecule has 2 N–H and O–H groups in total. The van der Waals surface area contributed by atoms with Crippen molar-refractivity contribution in [2.45, 2.75) is 59.3 Å². The molecule has 0 radical (unpaired) electrons. The van der Waals surface area contributed by atoms with E-state index in [-0.39, 0.29) is 11.8 Å². The summed E-state index contributed by atoms with van der Waals surface area (Å²) >= 11 is 0. The quantitative estimate of drug-likeness (QED) is 0.753. The second kappa shape index (κ2) is 7.47. The number of hydrogen-bond donors (Lipinski definition) is 2. The van der Waals surface area contributed by atoms with Gasteiger partial charge in [-0.2, -0.15) is 0 Å². The lowest BCUT2D eigenvalue weighted by molar-refractivity contribution is -0.147. The predicted molar refractivity (Wildman–Crippen MR) is 75.2 cm³/mol. The Labute approximate surface area is 120 Å². The van der Waals surface area contributed by atoms with Crippen molar-refractivity contribution >= 4 is 12.1 Å². The summed E-state index contributed by atoms with van der Waals surface area (Å²) in [7, 11) is 1.21. The summed E-state index contributed by atoms with van der Waals surface area (Å²) in [6.45, 7) is 10.8. The van der Waals surface area contributed by atoms with Gasteiger partial charge < -0.3 is 19.9 Å². The fourth-order valence-corrected chi connectivity index (χ4v) is 1.54. The predicted octanol–water partition coefficient (Wildman–Crippen LogP) is 1.71. The minimum absolute atomic E-state index is 0.151. The Morgan fingerprint density at radius 2 is 1.65 bits per heavy atom. The Balaban J connectivity index is 4.91. The maximum Gasteiger partial charge on any atom is 0.408 e. The van der Waals surface area contributed by atoms with Crippen molar-refractivity contribution in [1.82, 2.24) is 5.32 Å².